The number of aryl methyl sites for hydroxylation is 1. The number of anilines is 1. The number of aliphatic hydroxyl groups is 1. The SMILES string of the molecule is C/C=C1\C(=NC(C)CC)C(c2cc(O)cc3ccc(F)c(CC)c23)=Cc2nc(OCC34CCCN3CCC4)nc(N3CCC3C(C)(C)O)c21.CC.CC. The lowest BCUT2D eigenvalue weighted by Gasteiger charge is -2.49. The molecule has 7 rings (SSSR count). The Labute approximate surface area is 316 Å². The molecule has 0 amide bonds. The molecule has 4 heterocycles. The molecule has 9 heteroatoms. The third-order valence-electron chi connectivity index (χ3n) is 11.4. The molecule has 53 heavy (non-hydrogen) atoms. The number of aliphatic imine (C=N–C) groups is 1. The zero-order valence-electron chi connectivity index (χ0n) is 33.8. The number of hydrogen-bond donors (Lipinski definition) is 2. The number of ether oxygens (including phenoxy) is 1. The number of rotatable bonds is 9. The van der Waals surface area contributed by atoms with E-state index in [-0.39, 0.29) is 29.2 Å². The maximum atomic E-state index is 15.4. The lowest BCUT2D eigenvalue weighted by molar-refractivity contribution is 0.0288. The smallest absolute Gasteiger partial charge is 0.319 e. The molecule has 0 bridgehead atoms. The van der Waals surface area contributed by atoms with Crippen LogP contribution in [-0.4, -0.2) is 80.3 Å². The molecule has 3 aromatic rings. The van der Waals surface area contributed by atoms with E-state index in [2.05, 4.69) is 29.7 Å². The molecule has 3 aliphatic heterocycles. The predicted molar refractivity (Wildman–Crippen MR) is 219 cm³/mol. The summed E-state index contributed by atoms with van der Waals surface area (Å²) in [4.78, 5) is 20.2. The Hall–Kier alpha value is -3.82. The average Bonchev–Trinajstić information content (AvgIpc) is 3.71. The fourth-order valence-corrected chi connectivity index (χ4v) is 8.58. The van der Waals surface area contributed by atoms with Crippen LogP contribution in [0.1, 0.15) is 130 Å². The number of halogens is 1. The van der Waals surface area contributed by atoms with E-state index in [9.17, 15) is 10.2 Å². The average molecular weight is 728 g/mol. The largest absolute Gasteiger partial charge is 0.508 e. The highest BCUT2D eigenvalue weighted by molar-refractivity contribution is 6.50. The highest BCUT2D eigenvalue weighted by atomic mass is 19.1. The van der Waals surface area contributed by atoms with Gasteiger partial charge in [-0.15, -0.1) is 0 Å². The Bertz CT molecular complexity index is 1870. The van der Waals surface area contributed by atoms with Crippen molar-refractivity contribution in [2.75, 3.05) is 31.1 Å². The second kappa shape index (κ2) is 16.7. The third kappa shape index (κ3) is 7.61. The molecule has 2 N–H and O–H groups in total. The van der Waals surface area contributed by atoms with Gasteiger partial charge in [0.05, 0.1) is 34.2 Å². The Kier molecular flexibility index (Phi) is 12.7. The minimum Gasteiger partial charge on any atom is -0.508 e. The molecule has 288 valence electrons. The number of nitrogens with zero attached hydrogens (tertiary/aromatic N) is 5. The zero-order valence-corrected chi connectivity index (χ0v) is 33.8. The second-order valence-electron chi connectivity index (χ2n) is 14.9. The van der Waals surface area contributed by atoms with E-state index in [4.69, 9.17) is 19.7 Å². The fraction of sp³-hybridized carbons (Fsp3) is 0.568. The summed E-state index contributed by atoms with van der Waals surface area (Å²) in [6.07, 6.45) is 10.8. The number of aromatic hydroxyl groups is 1. The number of benzene rings is 2. The van der Waals surface area contributed by atoms with E-state index in [1.807, 2.05) is 61.5 Å². The van der Waals surface area contributed by atoms with Gasteiger partial charge < -0.3 is 19.8 Å². The van der Waals surface area contributed by atoms with E-state index >= 15 is 4.39 Å². The Morgan fingerprint density at radius 3 is 2.36 bits per heavy atom. The molecular weight excluding hydrogens is 666 g/mol. The molecule has 2 aromatic carbocycles. The summed E-state index contributed by atoms with van der Waals surface area (Å²) in [5.74, 6) is 0.561. The summed E-state index contributed by atoms with van der Waals surface area (Å²) in [6, 6.07) is 6.82. The maximum absolute atomic E-state index is 15.4. The van der Waals surface area contributed by atoms with Gasteiger partial charge in [0.25, 0.3) is 0 Å². The summed E-state index contributed by atoms with van der Waals surface area (Å²) in [5.41, 5.74) is 4.34. The Morgan fingerprint density at radius 1 is 1.08 bits per heavy atom. The molecule has 4 aliphatic rings. The van der Waals surface area contributed by atoms with Gasteiger partial charge in [-0.2, -0.15) is 9.97 Å². The number of phenolic OH excluding ortho intramolecular Hbond substituents is 1. The van der Waals surface area contributed by atoms with E-state index < -0.39 is 5.60 Å². The first-order valence-electron chi connectivity index (χ1n) is 20.2. The molecule has 3 fully saturated rings. The van der Waals surface area contributed by atoms with Crippen molar-refractivity contribution in [3.63, 3.8) is 0 Å². The van der Waals surface area contributed by atoms with Crippen LogP contribution in [0.5, 0.6) is 11.8 Å². The van der Waals surface area contributed by atoms with Crippen molar-refractivity contribution in [2.24, 2.45) is 4.99 Å². The first-order valence-corrected chi connectivity index (χ1v) is 20.2. The number of allylic oxidation sites excluding steroid dienone is 3. The van der Waals surface area contributed by atoms with Crippen LogP contribution in [0.25, 0.3) is 28.0 Å². The maximum Gasteiger partial charge on any atom is 0.319 e. The minimum absolute atomic E-state index is 0.000915. The number of hydrogen-bond acceptors (Lipinski definition) is 8. The van der Waals surface area contributed by atoms with Crippen LogP contribution in [0.15, 0.2) is 35.3 Å². The summed E-state index contributed by atoms with van der Waals surface area (Å²) in [6.45, 7) is 23.3. The number of aromatic nitrogens is 2. The van der Waals surface area contributed by atoms with Crippen molar-refractivity contribution < 1.29 is 19.3 Å². The molecule has 2 atom stereocenters. The first-order chi connectivity index (χ1) is 25.5. The van der Waals surface area contributed by atoms with Crippen LogP contribution in [-0.2, 0) is 6.42 Å². The van der Waals surface area contributed by atoms with E-state index in [0.29, 0.717) is 35.9 Å². The molecule has 1 aliphatic carbocycles. The number of phenols is 1. The highest BCUT2D eigenvalue weighted by Crippen LogP contribution is 2.46. The van der Waals surface area contributed by atoms with Gasteiger partial charge in [-0.1, -0.05) is 53.7 Å². The van der Waals surface area contributed by atoms with Gasteiger partial charge in [-0.25, -0.2) is 4.39 Å². The lowest BCUT2D eigenvalue weighted by Crippen LogP contribution is -2.59. The van der Waals surface area contributed by atoms with Crippen molar-refractivity contribution in [1.29, 1.82) is 0 Å². The Balaban J connectivity index is 0.00000131. The lowest BCUT2D eigenvalue weighted by atomic mass is 9.81. The summed E-state index contributed by atoms with van der Waals surface area (Å²) in [5, 5.41) is 23.7. The van der Waals surface area contributed by atoms with Crippen molar-refractivity contribution in [3.8, 4) is 11.8 Å². The standard InChI is InChI=1S/C40H50FN5O3.2C2H6/c1-7-24(4)42-36-28(9-3)35-32(22-30(36)29-21-26(47)20-25-12-13-31(41)27(8-2)34(25)29)43-38(44-37(35)46-19-14-33(46)39(5,6)48)49-23-40-15-10-17-45(40)18-11-16-40;2*1-2/h9,12-13,20-22,24,33,47-48H,7-8,10-11,14-19,23H2,1-6H3;2*1-2H3/b28-9-,42-36?;;. The Morgan fingerprint density at radius 2 is 1.77 bits per heavy atom. The summed E-state index contributed by atoms with van der Waals surface area (Å²) in [7, 11) is 0. The highest BCUT2D eigenvalue weighted by Gasteiger charge is 2.46. The normalized spacial score (nSPS) is 21.2. The summed E-state index contributed by atoms with van der Waals surface area (Å²) >= 11 is 0. The van der Waals surface area contributed by atoms with E-state index in [1.165, 1.54) is 18.9 Å². The van der Waals surface area contributed by atoms with Crippen molar-refractivity contribution in [3.05, 3.63) is 58.5 Å². The van der Waals surface area contributed by atoms with Gasteiger partial charge in [-0.3, -0.25) is 9.89 Å². The van der Waals surface area contributed by atoms with Crippen LogP contribution in [0.3, 0.4) is 0 Å². The number of fused-ring (bicyclic) bond motifs is 3. The quantitative estimate of drug-likeness (QED) is 0.227. The zero-order chi connectivity index (χ0) is 38.7. The van der Waals surface area contributed by atoms with Crippen LogP contribution in [0, 0.1) is 5.82 Å². The van der Waals surface area contributed by atoms with E-state index in [0.717, 1.165) is 84.3 Å². The van der Waals surface area contributed by atoms with Gasteiger partial charge >= 0.3 is 6.01 Å². The topological polar surface area (TPSA) is 94.3 Å². The molecule has 8 nitrogen and oxygen atoms in total. The monoisotopic (exact) mass is 727 g/mol. The molecule has 1 aromatic heterocycles. The fourth-order valence-electron chi connectivity index (χ4n) is 8.58. The van der Waals surface area contributed by atoms with Crippen molar-refractivity contribution >= 4 is 39.5 Å². The van der Waals surface area contributed by atoms with E-state index in [1.54, 1.807) is 18.2 Å². The van der Waals surface area contributed by atoms with Gasteiger partial charge in [0.15, 0.2) is 0 Å². The van der Waals surface area contributed by atoms with Crippen LogP contribution < -0.4 is 9.64 Å². The molecule has 0 spiro atoms. The summed E-state index contributed by atoms with van der Waals surface area (Å²) < 4.78 is 22.0. The predicted octanol–water partition coefficient (Wildman–Crippen LogP) is 9.64. The van der Waals surface area contributed by atoms with Crippen LogP contribution in [0.4, 0.5) is 10.2 Å². The minimum atomic E-state index is -0.940. The van der Waals surface area contributed by atoms with Gasteiger partial charge in [0, 0.05) is 23.7 Å². The molecule has 0 saturated carbocycles. The van der Waals surface area contributed by atoms with Crippen molar-refractivity contribution in [2.45, 2.75) is 137 Å². The van der Waals surface area contributed by atoms with Crippen LogP contribution >= 0.6 is 0 Å². The van der Waals surface area contributed by atoms with Crippen LogP contribution in [0.2, 0.25) is 0 Å². The van der Waals surface area contributed by atoms with Gasteiger partial charge in [0.2, 0.25) is 0 Å². The third-order valence-corrected chi connectivity index (χ3v) is 11.4. The molecular formula is C44H62FN5O3. The van der Waals surface area contributed by atoms with Gasteiger partial charge in [0.1, 0.15) is 24.0 Å². The van der Waals surface area contributed by atoms with Gasteiger partial charge in [-0.05, 0) is 132 Å². The molecule has 3 saturated heterocycles. The second-order valence-corrected chi connectivity index (χ2v) is 14.9. The molecule has 2 unspecified atom stereocenters. The molecule has 0 radical (unpaired) electrons. The van der Waals surface area contributed by atoms with Crippen molar-refractivity contribution in [1.82, 2.24) is 14.9 Å². The first kappa shape index (κ1) is 40.4.